The average Bonchev–Trinajstić information content (AvgIpc) is 2.56. The number of hydrogen-bond donors (Lipinski definition) is 0. The molecule has 1 aromatic heterocycles. The summed E-state index contributed by atoms with van der Waals surface area (Å²) in [5.74, 6) is 0.146. The van der Waals surface area contributed by atoms with Gasteiger partial charge in [-0.1, -0.05) is 6.07 Å². The maximum atomic E-state index is 11.8. The number of nitrogens with zero attached hydrogens (tertiary/aromatic N) is 1. The van der Waals surface area contributed by atoms with Crippen LogP contribution in [0.3, 0.4) is 0 Å². The molecule has 2 nitrogen and oxygen atoms in total. The maximum absolute atomic E-state index is 11.8. The molecule has 0 saturated carbocycles. The van der Waals surface area contributed by atoms with Crippen molar-refractivity contribution in [2.45, 2.75) is 26.8 Å². The Labute approximate surface area is 83.2 Å². The minimum Gasteiger partial charge on any atom is -0.336 e. The summed E-state index contributed by atoms with van der Waals surface area (Å²) >= 11 is 1.50. The van der Waals surface area contributed by atoms with Gasteiger partial charge < -0.3 is 4.90 Å². The molecule has 1 aromatic rings. The van der Waals surface area contributed by atoms with Crippen LogP contribution in [-0.2, 0) is 0 Å². The number of rotatable bonds is 3. The van der Waals surface area contributed by atoms with E-state index < -0.39 is 0 Å². The molecule has 0 saturated heterocycles. The van der Waals surface area contributed by atoms with E-state index in [2.05, 4.69) is 0 Å². The highest BCUT2D eigenvalue weighted by Gasteiger charge is 2.16. The molecule has 0 atom stereocenters. The molecule has 0 bridgehead atoms. The number of thiophene rings is 1. The highest BCUT2D eigenvalue weighted by atomic mass is 32.1. The van der Waals surface area contributed by atoms with E-state index >= 15 is 0 Å². The summed E-state index contributed by atoms with van der Waals surface area (Å²) in [6.07, 6.45) is 0. The fourth-order valence-corrected chi connectivity index (χ4v) is 1.96. The van der Waals surface area contributed by atoms with Gasteiger partial charge in [-0.05, 0) is 32.2 Å². The van der Waals surface area contributed by atoms with Crippen molar-refractivity contribution in [1.82, 2.24) is 4.90 Å². The monoisotopic (exact) mass is 197 g/mol. The van der Waals surface area contributed by atoms with Crippen molar-refractivity contribution >= 4 is 17.2 Å². The zero-order chi connectivity index (χ0) is 9.84. The molecule has 0 aliphatic carbocycles. The summed E-state index contributed by atoms with van der Waals surface area (Å²) < 4.78 is 0. The fourth-order valence-electron chi connectivity index (χ4n) is 1.29. The quantitative estimate of drug-likeness (QED) is 0.729. The first-order valence-electron chi connectivity index (χ1n) is 4.51. The third-order valence-electron chi connectivity index (χ3n) is 1.96. The predicted octanol–water partition coefficient (Wildman–Crippen LogP) is 2.62. The Morgan fingerprint density at radius 1 is 1.62 bits per heavy atom. The first-order chi connectivity index (χ1) is 6.16. The molecule has 13 heavy (non-hydrogen) atoms. The van der Waals surface area contributed by atoms with Crippen LogP contribution in [-0.4, -0.2) is 23.4 Å². The Hall–Kier alpha value is -0.830. The second kappa shape index (κ2) is 4.42. The summed E-state index contributed by atoms with van der Waals surface area (Å²) in [5.41, 5.74) is 0. The maximum Gasteiger partial charge on any atom is 0.264 e. The Bertz CT molecular complexity index is 266. The smallest absolute Gasteiger partial charge is 0.264 e. The van der Waals surface area contributed by atoms with Gasteiger partial charge in [0.1, 0.15) is 0 Å². The Balaban J connectivity index is 2.77. The van der Waals surface area contributed by atoms with E-state index in [-0.39, 0.29) is 11.9 Å². The van der Waals surface area contributed by atoms with Gasteiger partial charge in [0.25, 0.3) is 5.91 Å². The lowest BCUT2D eigenvalue weighted by atomic mass is 10.3. The molecular formula is C10H15NOS. The van der Waals surface area contributed by atoms with Crippen molar-refractivity contribution in [3.05, 3.63) is 22.4 Å². The van der Waals surface area contributed by atoms with E-state index in [1.807, 2.05) is 43.2 Å². The van der Waals surface area contributed by atoms with Crippen molar-refractivity contribution in [1.29, 1.82) is 0 Å². The lowest BCUT2D eigenvalue weighted by molar-refractivity contribution is 0.0722. The van der Waals surface area contributed by atoms with E-state index in [9.17, 15) is 4.79 Å². The summed E-state index contributed by atoms with van der Waals surface area (Å²) in [5, 5.41) is 1.93. The number of carbonyl (C=O) groups excluding carboxylic acids is 1. The van der Waals surface area contributed by atoms with Gasteiger partial charge in [0, 0.05) is 12.6 Å². The van der Waals surface area contributed by atoms with E-state index in [0.29, 0.717) is 0 Å². The normalized spacial score (nSPS) is 10.5. The van der Waals surface area contributed by atoms with Crippen molar-refractivity contribution in [3.8, 4) is 0 Å². The molecule has 0 spiro atoms. The van der Waals surface area contributed by atoms with Crippen molar-refractivity contribution < 1.29 is 4.79 Å². The first kappa shape index (κ1) is 10.3. The Morgan fingerprint density at radius 2 is 2.31 bits per heavy atom. The van der Waals surface area contributed by atoms with Crippen LogP contribution >= 0.6 is 11.3 Å². The van der Waals surface area contributed by atoms with Gasteiger partial charge in [0.2, 0.25) is 0 Å². The van der Waals surface area contributed by atoms with Crippen LogP contribution < -0.4 is 0 Å². The molecule has 0 fully saturated rings. The minimum atomic E-state index is 0.146. The predicted molar refractivity (Wildman–Crippen MR) is 56.2 cm³/mol. The van der Waals surface area contributed by atoms with E-state index in [4.69, 9.17) is 0 Å². The molecular weight excluding hydrogens is 182 g/mol. The number of carbonyl (C=O) groups is 1. The SMILES string of the molecule is CCN(C(=O)c1cccs1)C(C)C. The molecule has 1 rings (SSSR count). The zero-order valence-electron chi connectivity index (χ0n) is 8.28. The molecule has 1 amide bonds. The van der Waals surface area contributed by atoms with Gasteiger partial charge >= 0.3 is 0 Å². The van der Waals surface area contributed by atoms with E-state index in [1.165, 1.54) is 11.3 Å². The van der Waals surface area contributed by atoms with Crippen LogP contribution in [0.15, 0.2) is 17.5 Å². The van der Waals surface area contributed by atoms with Crippen LogP contribution in [0.25, 0.3) is 0 Å². The van der Waals surface area contributed by atoms with Gasteiger partial charge in [-0.3, -0.25) is 4.79 Å². The molecule has 0 unspecified atom stereocenters. The fraction of sp³-hybridized carbons (Fsp3) is 0.500. The molecule has 1 heterocycles. The largest absolute Gasteiger partial charge is 0.336 e. The highest BCUT2D eigenvalue weighted by Crippen LogP contribution is 2.13. The van der Waals surface area contributed by atoms with Gasteiger partial charge in [0.05, 0.1) is 4.88 Å². The summed E-state index contributed by atoms with van der Waals surface area (Å²) in [7, 11) is 0. The lowest BCUT2D eigenvalue weighted by Gasteiger charge is -2.24. The molecule has 72 valence electrons. The van der Waals surface area contributed by atoms with Crippen LogP contribution in [0.1, 0.15) is 30.4 Å². The van der Waals surface area contributed by atoms with Gasteiger partial charge in [-0.15, -0.1) is 11.3 Å². The van der Waals surface area contributed by atoms with Gasteiger partial charge in [-0.2, -0.15) is 0 Å². The van der Waals surface area contributed by atoms with Crippen molar-refractivity contribution in [2.75, 3.05) is 6.54 Å². The van der Waals surface area contributed by atoms with Crippen molar-refractivity contribution in [3.63, 3.8) is 0 Å². The van der Waals surface area contributed by atoms with Crippen LogP contribution in [0.5, 0.6) is 0 Å². The van der Waals surface area contributed by atoms with Crippen LogP contribution in [0, 0.1) is 0 Å². The lowest BCUT2D eigenvalue weighted by Crippen LogP contribution is -2.36. The second-order valence-corrected chi connectivity index (χ2v) is 4.11. The topological polar surface area (TPSA) is 20.3 Å². The highest BCUT2D eigenvalue weighted by molar-refractivity contribution is 7.12. The van der Waals surface area contributed by atoms with Gasteiger partial charge in [0.15, 0.2) is 0 Å². The van der Waals surface area contributed by atoms with Crippen LogP contribution in [0.4, 0.5) is 0 Å². The molecule has 0 radical (unpaired) electrons. The zero-order valence-corrected chi connectivity index (χ0v) is 9.10. The third-order valence-corrected chi connectivity index (χ3v) is 2.81. The second-order valence-electron chi connectivity index (χ2n) is 3.16. The molecule has 0 aliphatic heterocycles. The standard InChI is InChI=1S/C10H15NOS/c1-4-11(8(2)3)10(12)9-6-5-7-13-9/h5-8H,4H2,1-3H3. The Kier molecular flexibility index (Phi) is 3.48. The number of amides is 1. The first-order valence-corrected chi connectivity index (χ1v) is 5.39. The summed E-state index contributed by atoms with van der Waals surface area (Å²) in [4.78, 5) is 14.5. The Morgan fingerprint density at radius 3 is 2.69 bits per heavy atom. The molecule has 0 aliphatic rings. The minimum absolute atomic E-state index is 0.146. The van der Waals surface area contributed by atoms with Crippen molar-refractivity contribution in [2.24, 2.45) is 0 Å². The number of hydrogen-bond acceptors (Lipinski definition) is 2. The van der Waals surface area contributed by atoms with E-state index in [1.54, 1.807) is 0 Å². The molecule has 0 N–H and O–H groups in total. The van der Waals surface area contributed by atoms with E-state index in [0.717, 1.165) is 11.4 Å². The molecule has 3 heteroatoms. The third kappa shape index (κ3) is 2.31. The molecule has 0 aromatic carbocycles. The van der Waals surface area contributed by atoms with Gasteiger partial charge in [-0.25, -0.2) is 0 Å². The van der Waals surface area contributed by atoms with Crippen LogP contribution in [0.2, 0.25) is 0 Å². The average molecular weight is 197 g/mol. The summed E-state index contributed by atoms with van der Waals surface area (Å²) in [6.45, 7) is 6.85. The summed E-state index contributed by atoms with van der Waals surface area (Å²) in [6, 6.07) is 4.06.